The summed E-state index contributed by atoms with van der Waals surface area (Å²) in [7, 11) is 0. The van der Waals surface area contributed by atoms with E-state index < -0.39 is 0 Å². The largest absolute Gasteiger partial charge is 0.382 e. The van der Waals surface area contributed by atoms with E-state index in [1.807, 2.05) is 26.0 Å². The number of rotatable bonds is 8. The van der Waals surface area contributed by atoms with E-state index in [-0.39, 0.29) is 6.04 Å². The zero-order chi connectivity index (χ0) is 16.9. The lowest BCUT2D eigenvalue weighted by molar-refractivity contribution is 0.129. The summed E-state index contributed by atoms with van der Waals surface area (Å²) in [5.74, 6) is 0.450. The topological polar surface area (TPSA) is 59.6 Å². The van der Waals surface area contributed by atoms with Gasteiger partial charge in [-0.2, -0.15) is 0 Å². The normalized spacial score (nSPS) is 17.8. The van der Waals surface area contributed by atoms with E-state index in [4.69, 9.17) is 33.7 Å². The molecule has 0 radical (unpaired) electrons. The average molecular weight is 358 g/mol. The summed E-state index contributed by atoms with van der Waals surface area (Å²) in [6, 6.07) is 5.43. The number of hydrogen-bond acceptors (Lipinski definition) is 2. The molecule has 1 aromatic rings. The van der Waals surface area contributed by atoms with Crippen molar-refractivity contribution in [3.8, 4) is 0 Å². The highest BCUT2D eigenvalue weighted by Crippen LogP contribution is 2.49. The molecule has 3 N–H and O–H groups in total. The Morgan fingerprint density at radius 3 is 2.78 bits per heavy atom. The van der Waals surface area contributed by atoms with Crippen LogP contribution in [0.2, 0.25) is 10.0 Å². The molecule has 1 fully saturated rings. The second-order valence-corrected chi connectivity index (χ2v) is 7.02. The van der Waals surface area contributed by atoms with E-state index in [0.717, 1.165) is 31.7 Å². The SMILES string of the molecule is CCOCCC1(CN=C(N)NC(C)c2ccc(Cl)cc2Cl)CC1. The fourth-order valence-electron chi connectivity index (χ4n) is 2.55. The number of ether oxygens (including phenoxy) is 1. The highest BCUT2D eigenvalue weighted by Gasteiger charge is 2.41. The Morgan fingerprint density at radius 1 is 1.43 bits per heavy atom. The summed E-state index contributed by atoms with van der Waals surface area (Å²) >= 11 is 12.1. The minimum absolute atomic E-state index is 0.0258. The van der Waals surface area contributed by atoms with Gasteiger partial charge in [-0.1, -0.05) is 29.3 Å². The lowest BCUT2D eigenvalue weighted by atomic mass is 10.0. The monoisotopic (exact) mass is 357 g/mol. The molecule has 2 rings (SSSR count). The summed E-state index contributed by atoms with van der Waals surface area (Å²) < 4.78 is 5.44. The van der Waals surface area contributed by atoms with E-state index in [1.54, 1.807) is 6.07 Å². The molecule has 0 bridgehead atoms. The predicted octanol–water partition coefficient (Wildman–Crippen LogP) is 4.17. The van der Waals surface area contributed by atoms with Gasteiger partial charge in [0.25, 0.3) is 0 Å². The summed E-state index contributed by atoms with van der Waals surface area (Å²) in [6.45, 7) is 6.33. The number of benzene rings is 1. The van der Waals surface area contributed by atoms with E-state index in [2.05, 4.69) is 10.3 Å². The number of hydrogen-bond donors (Lipinski definition) is 2. The molecule has 0 aliphatic heterocycles. The zero-order valence-corrected chi connectivity index (χ0v) is 15.3. The van der Waals surface area contributed by atoms with Crippen LogP contribution in [0.5, 0.6) is 0 Å². The maximum absolute atomic E-state index is 6.22. The lowest BCUT2D eigenvalue weighted by Gasteiger charge is -2.18. The lowest BCUT2D eigenvalue weighted by Crippen LogP contribution is -2.34. The molecule has 1 unspecified atom stereocenters. The van der Waals surface area contributed by atoms with Gasteiger partial charge in [-0.15, -0.1) is 0 Å². The number of guanidine groups is 1. The van der Waals surface area contributed by atoms with Gasteiger partial charge in [0.1, 0.15) is 0 Å². The minimum Gasteiger partial charge on any atom is -0.382 e. The Kier molecular flexibility index (Phi) is 6.57. The molecule has 128 valence electrons. The van der Waals surface area contributed by atoms with Gasteiger partial charge >= 0.3 is 0 Å². The van der Waals surface area contributed by atoms with Crippen molar-refractivity contribution < 1.29 is 4.74 Å². The number of halogens is 2. The number of nitrogens with one attached hydrogen (secondary N) is 1. The summed E-state index contributed by atoms with van der Waals surface area (Å²) in [4.78, 5) is 4.51. The van der Waals surface area contributed by atoms with Gasteiger partial charge in [0.15, 0.2) is 5.96 Å². The number of nitrogens with two attached hydrogens (primary N) is 1. The number of nitrogens with zero attached hydrogens (tertiary/aromatic N) is 1. The van der Waals surface area contributed by atoms with Gasteiger partial charge < -0.3 is 15.8 Å². The van der Waals surface area contributed by atoms with Crippen molar-refractivity contribution in [1.29, 1.82) is 0 Å². The first-order valence-corrected chi connectivity index (χ1v) is 8.80. The Labute approximate surface area is 148 Å². The first-order valence-electron chi connectivity index (χ1n) is 8.05. The highest BCUT2D eigenvalue weighted by atomic mass is 35.5. The van der Waals surface area contributed by atoms with Crippen LogP contribution in [0.15, 0.2) is 23.2 Å². The van der Waals surface area contributed by atoms with Crippen LogP contribution in [-0.2, 0) is 4.74 Å². The molecule has 0 saturated heterocycles. The van der Waals surface area contributed by atoms with E-state index in [0.29, 0.717) is 21.4 Å². The Hall–Kier alpha value is -0.970. The van der Waals surface area contributed by atoms with Crippen LogP contribution in [-0.4, -0.2) is 25.7 Å². The van der Waals surface area contributed by atoms with Gasteiger partial charge in [-0.3, -0.25) is 4.99 Å². The predicted molar refractivity (Wildman–Crippen MR) is 97.3 cm³/mol. The third-order valence-corrected chi connectivity index (χ3v) is 4.88. The van der Waals surface area contributed by atoms with Gasteiger partial charge in [-0.25, -0.2) is 0 Å². The van der Waals surface area contributed by atoms with Crippen molar-refractivity contribution in [3.05, 3.63) is 33.8 Å². The maximum atomic E-state index is 6.22. The third kappa shape index (κ3) is 5.55. The highest BCUT2D eigenvalue weighted by molar-refractivity contribution is 6.35. The minimum atomic E-state index is -0.0258. The third-order valence-electron chi connectivity index (χ3n) is 4.32. The molecule has 1 atom stereocenters. The second kappa shape index (κ2) is 8.22. The molecule has 0 heterocycles. The molecular weight excluding hydrogens is 333 g/mol. The van der Waals surface area contributed by atoms with E-state index in [9.17, 15) is 0 Å². The van der Waals surface area contributed by atoms with Crippen LogP contribution in [0.4, 0.5) is 0 Å². The van der Waals surface area contributed by atoms with Crippen LogP contribution < -0.4 is 11.1 Å². The molecule has 6 heteroatoms. The van der Waals surface area contributed by atoms with E-state index in [1.165, 1.54) is 12.8 Å². The van der Waals surface area contributed by atoms with Crippen molar-refractivity contribution in [3.63, 3.8) is 0 Å². The summed E-state index contributed by atoms with van der Waals surface area (Å²) in [5.41, 5.74) is 7.27. The van der Waals surface area contributed by atoms with Crippen molar-refractivity contribution in [2.24, 2.45) is 16.1 Å². The zero-order valence-electron chi connectivity index (χ0n) is 13.7. The van der Waals surface area contributed by atoms with Crippen LogP contribution in [0.3, 0.4) is 0 Å². The van der Waals surface area contributed by atoms with Crippen molar-refractivity contribution >= 4 is 29.2 Å². The van der Waals surface area contributed by atoms with Gasteiger partial charge in [0, 0.05) is 29.8 Å². The Morgan fingerprint density at radius 2 is 2.17 bits per heavy atom. The fraction of sp³-hybridized carbons (Fsp3) is 0.588. The first kappa shape index (κ1) is 18.4. The van der Waals surface area contributed by atoms with Crippen molar-refractivity contribution in [2.45, 2.75) is 39.2 Å². The summed E-state index contributed by atoms with van der Waals surface area (Å²) in [5, 5.41) is 4.44. The van der Waals surface area contributed by atoms with Crippen LogP contribution >= 0.6 is 23.2 Å². The molecule has 0 amide bonds. The van der Waals surface area contributed by atoms with Gasteiger partial charge in [0.05, 0.1) is 6.04 Å². The second-order valence-electron chi connectivity index (χ2n) is 6.18. The van der Waals surface area contributed by atoms with Gasteiger partial charge in [-0.05, 0) is 56.2 Å². The smallest absolute Gasteiger partial charge is 0.189 e. The summed E-state index contributed by atoms with van der Waals surface area (Å²) in [6.07, 6.45) is 3.46. The molecule has 0 aromatic heterocycles. The Bertz CT molecular complexity index is 559. The molecule has 1 saturated carbocycles. The molecule has 4 nitrogen and oxygen atoms in total. The molecular formula is C17H25Cl2N3O. The van der Waals surface area contributed by atoms with Crippen molar-refractivity contribution in [1.82, 2.24) is 5.32 Å². The quantitative estimate of drug-likeness (QED) is 0.417. The standard InChI is InChI=1S/C17H25Cl2N3O/c1-3-23-9-8-17(6-7-17)11-21-16(20)22-12(2)14-5-4-13(18)10-15(14)19/h4-5,10,12H,3,6-9,11H2,1-2H3,(H3,20,21,22). The molecule has 0 spiro atoms. The molecule has 23 heavy (non-hydrogen) atoms. The van der Waals surface area contributed by atoms with E-state index >= 15 is 0 Å². The number of aliphatic imine (C=N–C) groups is 1. The van der Waals surface area contributed by atoms with Crippen LogP contribution in [0.1, 0.15) is 44.7 Å². The maximum Gasteiger partial charge on any atom is 0.189 e. The molecule has 1 aliphatic rings. The van der Waals surface area contributed by atoms with Gasteiger partial charge in [0.2, 0.25) is 0 Å². The molecule has 1 aliphatic carbocycles. The average Bonchev–Trinajstić information content (AvgIpc) is 3.26. The first-order chi connectivity index (χ1) is 11.0. The van der Waals surface area contributed by atoms with Crippen LogP contribution in [0, 0.1) is 5.41 Å². The Balaban J connectivity index is 1.87. The molecule has 1 aromatic carbocycles. The van der Waals surface area contributed by atoms with Crippen molar-refractivity contribution in [2.75, 3.05) is 19.8 Å². The fourth-order valence-corrected chi connectivity index (χ4v) is 3.12. The van der Waals surface area contributed by atoms with Crippen LogP contribution in [0.25, 0.3) is 0 Å².